The fraction of sp³-hybridized carbons (Fsp3) is 0.640. The van der Waals surface area contributed by atoms with Crippen molar-refractivity contribution in [2.24, 2.45) is 5.92 Å². The molecule has 1 spiro atoms. The number of carboxylic acid groups (broad SMARTS) is 1. The van der Waals surface area contributed by atoms with E-state index in [9.17, 15) is 14.7 Å². The lowest BCUT2D eigenvalue weighted by atomic mass is 9.68. The zero-order valence-electron chi connectivity index (χ0n) is 20.1. The molecule has 1 aromatic heterocycles. The van der Waals surface area contributed by atoms with Gasteiger partial charge in [-0.2, -0.15) is 0 Å². The lowest BCUT2D eigenvalue weighted by molar-refractivity contribution is -0.122. The molecule has 1 saturated carbocycles. The molecule has 3 aliphatic heterocycles. The topological polar surface area (TPSA) is 114 Å². The Kier molecular flexibility index (Phi) is 5.69. The van der Waals surface area contributed by atoms with Crippen molar-refractivity contribution in [2.45, 2.75) is 82.6 Å². The first-order valence-electron chi connectivity index (χ1n) is 11.8. The number of aromatic carboxylic acids is 1. The van der Waals surface area contributed by atoms with Crippen molar-refractivity contribution in [1.82, 2.24) is 9.88 Å². The minimum Gasteiger partial charge on any atom is -0.478 e. The lowest BCUT2D eigenvalue weighted by Gasteiger charge is -2.42. The third-order valence-electron chi connectivity index (χ3n) is 7.76. The van der Waals surface area contributed by atoms with E-state index in [0.29, 0.717) is 25.3 Å². The molecular weight excluding hydrogens is 440 g/mol. The number of fused-ring (bicyclic) bond motifs is 1. The Morgan fingerprint density at radius 2 is 2.12 bits per heavy atom. The zero-order valence-corrected chi connectivity index (χ0v) is 20.1. The van der Waals surface area contributed by atoms with Gasteiger partial charge < -0.3 is 24.1 Å². The smallest absolute Gasteiger partial charge is 0.410 e. The van der Waals surface area contributed by atoms with Crippen molar-refractivity contribution in [1.29, 1.82) is 0 Å². The van der Waals surface area contributed by atoms with Crippen molar-refractivity contribution in [3.05, 3.63) is 40.7 Å². The summed E-state index contributed by atoms with van der Waals surface area (Å²) in [6, 6.07) is 1.57. The highest BCUT2D eigenvalue weighted by Gasteiger charge is 2.72. The maximum Gasteiger partial charge on any atom is 0.410 e. The Balaban J connectivity index is 1.28. The van der Waals surface area contributed by atoms with Crippen molar-refractivity contribution in [2.75, 3.05) is 13.7 Å². The minimum absolute atomic E-state index is 0.0392. The number of amides is 1. The van der Waals surface area contributed by atoms with Gasteiger partial charge in [0.1, 0.15) is 23.4 Å². The summed E-state index contributed by atoms with van der Waals surface area (Å²) in [4.78, 5) is 30.1. The van der Waals surface area contributed by atoms with Crippen LogP contribution in [0.2, 0.25) is 0 Å². The number of methoxy groups -OCH3 is 1. The summed E-state index contributed by atoms with van der Waals surface area (Å²) in [6.45, 7) is 7.51. The number of hydrogen-bond donors (Lipinski definition) is 1. The van der Waals surface area contributed by atoms with E-state index in [4.69, 9.17) is 18.9 Å². The molecule has 184 valence electrons. The van der Waals surface area contributed by atoms with Crippen LogP contribution in [0.5, 0.6) is 0 Å². The molecule has 3 fully saturated rings. The minimum atomic E-state index is -1.04. The molecule has 1 N–H and O–H groups in total. The summed E-state index contributed by atoms with van der Waals surface area (Å²) in [6.07, 6.45) is 4.65. The summed E-state index contributed by atoms with van der Waals surface area (Å²) < 4.78 is 24.1. The standard InChI is InChI=1S/C25H32N2O7/c1-14(2)5-6-19-24(3,34-19)21-20(31-4)18(7-8-25(21)13-32-25)33-23(30)27-11-16-9-15(22(28)29)10-26-17(16)12-27/h5,9-10,18-21H,6-8,11-13H2,1-4H3,(H,28,29)/t18-,19-,20-,21-,24+,25+/m1/s1. The van der Waals surface area contributed by atoms with Crippen LogP contribution in [0.4, 0.5) is 4.79 Å². The third kappa shape index (κ3) is 3.99. The van der Waals surface area contributed by atoms with Crippen molar-refractivity contribution in [3.8, 4) is 0 Å². The number of carbonyl (C=O) groups is 2. The van der Waals surface area contributed by atoms with E-state index in [2.05, 4.69) is 31.8 Å². The number of ether oxygens (including phenoxy) is 4. The number of aromatic nitrogens is 1. The van der Waals surface area contributed by atoms with Crippen molar-refractivity contribution < 1.29 is 33.6 Å². The number of rotatable bonds is 6. The summed E-state index contributed by atoms with van der Waals surface area (Å²) in [5.41, 5.74) is 2.11. The van der Waals surface area contributed by atoms with Gasteiger partial charge in [-0.15, -0.1) is 0 Å². The molecule has 4 aliphatic rings. The van der Waals surface area contributed by atoms with Gasteiger partial charge in [0.25, 0.3) is 0 Å². The maximum absolute atomic E-state index is 13.1. The van der Waals surface area contributed by atoms with Crippen LogP contribution < -0.4 is 0 Å². The summed E-state index contributed by atoms with van der Waals surface area (Å²) in [5, 5.41) is 9.20. The van der Waals surface area contributed by atoms with Gasteiger partial charge in [0.15, 0.2) is 0 Å². The van der Waals surface area contributed by atoms with E-state index in [-0.39, 0.29) is 35.8 Å². The van der Waals surface area contributed by atoms with Gasteiger partial charge in [-0.1, -0.05) is 11.6 Å². The SMILES string of the molecule is CO[C@@H]1[C@H](OC(=O)N2Cc3cc(C(=O)O)cnc3C2)CC[C@]2(CO2)[C@H]1[C@@]1(C)O[C@@H]1CC=C(C)C. The Labute approximate surface area is 199 Å². The van der Waals surface area contributed by atoms with Gasteiger partial charge in [-0.3, -0.25) is 9.88 Å². The largest absolute Gasteiger partial charge is 0.478 e. The Hall–Kier alpha value is -2.49. The molecule has 0 aromatic carbocycles. The second-order valence-electron chi connectivity index (χ2n) is 10.3. The molecule has 1 amide bonds. The molecule has 6 atom stereocenters. The fourth-order valence-electron chi connectivity index (χ4n) is 5.78. The number of pyridine rings is 1. The highest BCUT2D eigenvalue weighted by atomic mass is 16.6. The van der Waals surface area contributed by atoms with Gasteiger partial charge in [-0.05, 0) is 51.7 Å². The number of carboxylic acids is 1. The quantitative estimate of drug-likeness (QED) is 0.496. The van der Waals surface area contributed by atoms with Crippen LogP contribution in [-0.4, -0.2) is 70.3 Å². The third-order valence-corrected chi connectivity index (χ3v) is 7.76. The summed E-state index contributed by atoms with van der Waals surface area (Å²) in [7, 11) is 1.65. The molecule has 9 nitrogen and oxygen atoms in total. The highest BCUT2D eigenvalue weighted by Crippen LogP contribution is 2.59. The average Bonchev–Trinajstić information content (AvgIpc) is 3.66. The Morgan fingerprint density at radius 3 is 2.76 bits per heavy atom. The predicted molar refractivity (Wildman–Crippen MR) is 120 cm³/mol. The van der Waals surface area contributed by atoms with E-state index in [1.807, 2.05) is 0 Å². The second kappa shape index (κ2) is 8.32. The van der Waals surface area contributed by atoms with Crippen LogP contribution in [0.25, 0.3) is 0 Å². The lowest BCUT2D eigenvalue weighted by Crippen LogP contribution is -2.56. The van der Waals surface area contributed by atoms with E-state index in [1.165, 1.54) is 11.8 Å². The zero-order chi connectivity index (χ0) is 24.3. The molecule has 5 rings (SSSR count). The molecule has 1 aliphatic carbocycles. The van der Waals surface area contributed by atoms with Gasteiger partial charge in [0.2, 0.25) is 0 Å². The van der Waals surface area contributed by atoms with E-state index in [0.717, 1.165) is 18.4 Å². The van der Waals surface area contributed by atoms with Gasteiger partial charge in [0, 0.05) is 13.3 Å². The van der Waals surface area contributed by atoms with Crippen LogP contribution in [0.1, 0.15) is 61.6 Å². The van der Waals surface area contributed by atoms with Crippen molar-refractivity contribution >= 4 is 12.1 Å². The number of nitrogens with zero attached hydrogens (tertiary/aromatic N) is 2. The molecule has 1 aromatic rings. The Bertz CT molecular complexity index is 1030. The Morgan fingerprint density at radius 1 is 1.35 bits per heavy atom. The number of carbonyl (C=O) groups excluding carboxylic acids is 1. The second-order valence-corrected chi connectivity index (χ2v) is 10.3. The van der Waals surface area contributed by atoms with Crippen LogP contribution >= 0.6 is 0 Å². The normalized spacial score (nSPS) is 35.6. The average molecular weight is 473 g/mol. The van der Waals surface area contributed by atoms with E-state index in [1.54, 1.807) is 18.1 Å². The van der Waals surface area contributed by atoms with E-state index < -0.39 is 23.8 Å². The van der Waals surface area contributed by atoms with Crippen LogP contribution in [0, 0.1) is 5.92 Å². The maximum atomic E-state index is 13.1. The predicted octanol–water partition coefficient (Wildman–Crippen LogP) is 3.31. The first-order chi connectivity index (χ1) is 16.2. The summed E-state index contributed by atoms with van der Waals surface area (Å²) in [5.74, 6) is -1.08. The monoisotopic (exact) mass is 472 g/mol. The highest BCUT2D eigenvalue weighted by molar-refractivity contribution is 5.87. The molecule has 4 heterocycles. The summed E-state index contributed by atoms with van der Waals surface area (Å²) >= 11 is 0. The van der Waals surface area contributed by atoms with Crippen LogP contribution in [0.15, 0.2) is 23.9 Å². The first kappa shape index (κ1) is 23.3. The number of hydrogen-bond acceptors (Lipinski definition) is 7. The molecule has 0 radical (unpaired) electrons. The van der Waals surface area contributed by atoms with E-state index >= 15 is 0 Å². The number of allylic oxidation sites excluding steroid dienone is 1. The molecule has 0 bridgehead atoms. The molecular formula is C25H32N2O7. The van der Waals surface area contributed by atoms with Crippen LogP contribution in [0.3, 0.4) is 0 Å². The molecule has 0 unspecified atom stereocenters. The van der Waals surface area contributed by atoms with Gasteiger partial charge in [0.05, 0.1) is 43.0 Å². The van der Waals surface area contributed by atoms with Crippen molar-refractivity contribution in [3.63, 3.8) is 0 Å². The first-order valence-corrected chi connectivity index (χ1v) is 11.8. The molecule has 9 heteroatoms. The molecule has 34 heavy (non-hydrogen) atoms. The fourth-order valence-corrected chi connectivity index (χ4v) is 5.78. The van der Waals surface area contributed by atoms with Crippen LogP contribution in [-0.2, 0) is 32.0 Å². The van der Waals surface area contributed by atoms with Gasteiger partial charge in [-0.25, -0.2) is 9.59 Å². The number of epoxide rings is 2. The van der Waals surface area contributed by atoms with Gasteiger partial charge >= 0.3 is 12.1 Å². The molecule has 2 saturated heterocycles.